The Morgan fingerprint density at radius 1 is 0.848 bits per heavy atom. The van der Waals surface area contributed by atoms with Crippen LogP contribution < -0.4 is 4.90 Å². The van der Waals surface area contributed by atoms with E-state index < -0.39 is 5.97 Å². The van der Waals surface area contributed by atoms with Crippen molar-refractivity contribution >= 4 is 72.3 Å². The number of hydrogen-bond donors (Lipinski definition) is 1. The van der Waals surface area contributed by atoms with Gasteiger partial charge in [-0.1, -0.05) is 48.5 Å². The minimum Gasteiger partial charge on any atom is -0.477 e. The van der Waals surface area contributed by atoms with Crippen LogP contribution in [0, 0.1) is 11.3 Å². The van der Waals surface area contributed by atoms with Gasteiger partial charge >= 0.3 is 5.97 Å². The van der Waals surface area contributed by atoms with Gasteiger partial charge in [-0.25, -0.2) is 4.79 Å². The van der Waals surface area contributed by atoms with E-state index >= 15 is 0 Å². The van der Waals surface area contributed by atoms with E-state index in [-0.39, 0.29) is 5.57 Å². The third-order valence-electron chi connectivity index (χ3n) is 4.86. The average molecular weight is 580 g/mol. The number of benzene rings is 3. The van der Waals surface area contributed by atoms with Gasteiger partial charge in [-0.3, -0.25) is 0 Å². The number of thiophene rings is 1. The number of halogens is 2. The van der Waals surface area contributed by atoms with Gasteiger partial charge in [0.1, 0.15) is 11.6 Å². The lowest BCUT2D eigenvalue weighted by Crippen LogP contribution is -2.09. The van der Waals surface area contributed by atoms with Gasteiger partial charge < -0.3 is 10.0 Å². The first kappa shape index (κ1) is 23.0. The average Bonchev–Trinajstić information content (AvgIpc) is 3.13. The number of carboxylic acids is 1. The van der Waals surface area contributed by atoms with E-state index in [0.29, 0.717) is 4.88 Å². The number of anilines is 3. The summed E-state index contributed by atoms with van der Waals surface area (Å²) < 4.78 is 1.54. The quantitative estimate of drug-likeness (QED) is 0.184. The predicted octanol–water partition coefficient (Wildman–Crippen LogP) is 8.40. The summed E-state index contributed by atoms with van der Waals surface area (Å²) in [6.45, 7) is 0. The molecule has 4 aromatic rings. The van der Waals surface area contributed by atoms with Gasteiger partial charge in [0.05, 0.1) is 13.8 Å². The second-order valence-corrected chi connectivity index (χ2v) is 9.59. The molecule has 0 atom stereocenters. The normalized spacial score (nSPS) is 11.1. The highest BCUT2D eigenvalue weighted by Gasteiger charge is 2.18. The van der Waals surface area contributed by atoms with Crippen LogP contribution in [0.4, 0.5) is 17.1 Å². The molecule has 0 radical (unpaired) electrons. The van der Waals surface area contributed by atoms with E-state index in [4.69, 9.17) is 5.26 Å². The molecule has 0 fully saturated rings. The molecule has 4 nitrogen and oxygen atoms in total. The van der Waals surface area contributed by atoms with Crippen LogP contribution in [0.15, 0.2) is 99.4 Å². The summed E-state index contributed by atoms with van der Waals surface area (Å²) >= 11 is 8.52. The molecule has 0 aliphatic heterocycles. The molecule has 0 saturated heterocycles. The zero-order chi connectivity index (χ0) is 23.4. The van der Waals surface area contributed by atoms with Crippen LogP contribution in [0.2, 0.25) is 0 Å². The second kappa shape index (κ2) is 10.2. The Labute approximate surface area is 212 Å². The van der Waals surface area contributed by atoms with Crippen LogP contribution >= 0.6 is 43.2 Å². The SMILES string of the molecule is N#C/C(=C\c1sc(-c2ccc(N(c3ccccc3)c3ccccc3)cc2)c(Br)c1Br)C(=O)O. The molecular weight excluding hydrogens is 564 g/mol. The van der Waals surface area contributed by atoms with Crippen molar-refractivity contribution in [3.63, 3.8) is 0 Å². The largest absolute Gasteiger partial charge is 0.477 e. The maximum absolute atomic E-state index is 11.2. The zero-order valence-electron chi connectivity index (χ0n) is 17.1. The Balaban J connectivity index is 1.73. The van der Waals surface area contributed by atoms with Gasteiger partial charge in [0.2, 0.25) is 0 Å². The lowest BCUT2D eigenvalue weighted by atomic mass is 10.1. The minimum absolute atomic E-state index is 0.312. The molecule has 0 amide bonds. The summed E-state index contributed by atoms with van der Waals surface area (Å²) in [6.07, 6.45) is 1.38. The van der Waals surface area contributed by atoms with Crippen molar-refractivity contribution in [3.8, 4) is 16.5 Å². The molecule has 3 aromatic carbocycles. The number of nitriles is 1. The van der Waals surface area contributed by atoms with Gasteiger partial charge in [0, 0.05) is 21.9 Å². The summed E-state index contributed by atoms with van der Waals surface area (Å²) in [4.78, 5) is 15.0. The number of carbonyl (C=O) groups is 1. The summed E-state index contributed by atoms with van der Waals surface area (Å²) in [5.74, 6) is -1.25. The number of nitrogens with zero attached hydrogens (tertiary/aromatic N) is 2. The van der Waals surface area contributed by atoms with E-state index in [1.54, 1.807) is 6.07 Å². The van der Waals surface area contributed by atoms with Crippen LogP contribution in [0.1, 0.15) is 4.88 Å². The number of para-hydroxylation sites is 2. The lowest BCUT2D eigenvalue weighted by Gasteiger charge is -2.25. The standard InChI is InChI=1S/C26H16Br2N2O2S/c27-23-22(15-18(16-29)26(31)32)33-25(24(23)28)17-11-13-21(14-12-17)30(19-7-3-1-4-8-19)20-9-5-2-6-10-20/h1-15H,(H,31,32)/b18-15+. The molecule has 33 heavy (non-hydrogen) atoms. The first-order valence-corrected chi connectivity index (χ1v) is 12.2. The Morgan fingerprint density at radius 3 is 1.85 bits per heavy atom. The third-order valence-corrected chi connectivity index (χ3v) is 8.72. The molecule has 0 aliphatic rings. The number of hydrogen-bond acceptors (Lipinski definition) is 4. The molecular formula is C26H16Br2N2O2S. The summed E-state index contributed by atoms with van der Waals surface area (Å²) in [6, 6.07) is 30.2. The molecule has 162 valence electrons. The Hall–Kier alpha value is -3.18. The van der Waals surface area contributed by atoms with Crippen LogP contribution in [-0.2, 0) is 4.79 Å². The van der Waals surface area contributed by atoms with Gasteiger partial charge in [-0.15, -0.1) is 11.3 Å². The van der Waals surface area contributed by atoms with E-state index in [2.05, 4.69) is 73.2 Å². The summed E-state index contributed by atoms with van der Waals surface area (Å²) in [5.41, 5.74) is 3.79. The highest BCUT2D eigenvalue weighted by Crippen LogP contribution is 2.45. The zero-order valence-corrected chi connectivity index (χ0v) is 21.1. The van der Waals surface area contributed by atoms with Gasteiger partial charge in [-0.2, -0.15) is 5.26 Å². The monoisotopic (exact) mass is 578 g/mol. The van der Waals surface area contributed by atoms with Crippen molar-refractivity contribution in [1.29, 1.82) is 5.26 Å². The smallest absolute Gasteiger partial charge is 0.346 e. The lowest BCUT2D eigenvalue weighted by molar-refractivity contribution is -0.132. The van der Waals surface area contributed by atoms with Crippen LogP contribution in [0.3, 0.4) is 0 Å². The highest BCUT2D eigenvalue weighted by atomic mass is 79.9. The van der Waals surface area contributed by atoms with E-state index in [1.165, 1.54) is 17.4 Å². The molecule has 4 rings (SSSR count). The molecule has 0 unspecified atom stereocenters. The molecule has 0 saturated carbocycles. The van der Waals surface area contributed by atoms with E-state index in [1.807, 2.05) is 48.5 Å². The summed E-state index contributed by atoms with van der Waals surface area (Å²) in [7, 11) is 0. The van der Waals surface area contributed by atoms with Crippen LogP contribution in [0.5, 0.6) is 0 Å². The molecule has 0 spiro atoms. The Kier molecular flexibility index (Phi) is 7.09. The van der Waals surface area contributed by atoms with Crippen molar-refractivity contribution in [2.24, 2.45) is 0 Å². The number of aliphatic carboxylic acids is 1. The fourth-order valence-electron chi connectivity index (χ4n) is 3.32. The fourth-order valence-corrected chi connectivity index (χ4v) is 5.86. The van der Waals surface area contributed by atoms with Crippen molar-refractivity contribution in [2.75, 3.05) is 4.90 Å². The van der Waals surface area contributed by atoms with Crippen LogP contribution in [0.25, 0.3) is 16.5 Å². The fraction of sp³-hybridized carbons (Fsp3) is 0. The molecule has 7 heteroatoms. The third kappa shape index (κ3) is 4.93. The topological polar surface area (TPSA) is 64.3 Å². The van der Waals surface area contributed by atoms with Crippen LogP contribution in [-0.4, -0.2) is 11.1 Å². The first-order chi connectivity index (χ1) is 16.0. The van der Waals surface area contributed by atoms with Crippen molar-refractivity contribution in [1.82, 2.24) is 0 Å². The predicted molar refractivity (Wildman–Crippen MR) is 141 cm³/mol. The Bertz CT molecular complexity index is 1320. The maximum Gasteiger partial charge on any atom is 0.346 e. The summed E-state index contributed by atoms with van der Waals surface area (Å²) in [5, 5.41) is 18.3. The molecule has 1 aromatic heterocycles. The second-order valence-electron chi connectivity index (χ2n) is 6.95. The number of rotatable bonds is 6. The van der Waals surface area contributed by atoms with Gasteiger partial charge in [0.25, 0.3) is 0 Å². The molecule has 0 aliphatic carbocycles. The number of carboxylic acid groups (broad SMARTS) is 1. The highest BCUT2D eigenvalue weighted by molar-refractivity contribution is 9.13. The van der Waals surface area contributed by atoms with Crippen molar-refractivity contribution < 1.29 is 9.90 Å². The maximum atomic E-state index is 11.2. The minimum atomic E-state index is -1.25. The van der Waals surface area contributed by atoms with E-state index in [9.17, 15) is 9.90 Å². The van der Waals surface area contributed by atoms with Crippen molar-refractivity contribution in [2.45, 2.75) is 0 Å². The molecule has 0 bridgehead atoms. The van der Waals surface area contributed by atoms with E-state index in [0.717, 1.165) is 36.4 Å². The Morgan fingerprint density at radius 2 is 1.36 bits per heavy atom. The first-order valence-electron chi connectivity index (χ1n) is 9.83. The molecule has 1 N–H and O–H groups in total. The van der Waals surface area contributed by atoms with Crippen molar-refractivity contribution in [3.05, 3.63) is 104 Å². The van der Waals surface area contributed by atoms with Gasteiger partial charge in [-0.05, 0) is 79.9 Å². The van der Waals surface area contributed by atoms with Gasteiger partial charge in [0.15, 0.2) is 0 Å². The molecule has 1 heterocycles.